The number of benzene rings is 3. The summed E-state index contributed by atoms with van der Waals surface area (Å²) in [6, 6.07) is 21.6. The lowest BCUT2D eigenvalue weighted by Crippen LogP contribution is -2.67. The van der Waals surface area contributed by atoms with Crippen LogP contribution in [0.15, 0.2) is 77.7 Å². The lowest BCUT2D eigenvalue weighted by atomic mass is 9.74. The Balaban J connectivity index is 1.43. The molecule has 7 heteroatoms. The Hall–Kier alpha value is -2.58. The first-order valence-electron chi connectivity index (χ1n) is 12.2. The molecule has 2 fully saturated rings. The molecule has 1 unspecified atom stereocenters. The molecule has 0 aliphatic carbocycles. The van der Waals surface area contributed by atoms with Gasteiger partial charge in [-0.25, -0.2) is 12.8 Å². The highest BCUT2D eigenvalue weighted by molar-refractivity contribution is 7.89. The molecule has 2 aliphatic heterocycles. The fourth-order valence-corrected chi connectivity index (χ4v) is 7.40. The van der Waals surface area contributed by atoms with Gasteiger partial charge in [-0.15, -0.1) is 0 Å². The van der Waals surface area contributed by atoms with Crippen LogP contribution in [-0.4, -0.2) is 61.1 Å². The number of rotatable bonds is 5. The second kappa shape index (κ2) is 9.82. The molecule has 184 valence electrons. The van der Waals surface area contributed by atoms with Crippen molar-refractivity contribution < 1.29 is 17.9 Å². The number of fused-ring (bicyclic) bond motifs is 1. The van der Waals surface area contributed by atoms with Gasteiger partial charge >= 0.3 is 0 Å². The molecule has 2 heterocycles. The van der Waals surface area contributed by atoms with E-state index in [4.69, 9.17) is 0 Å². The first kappa shape index (κ1) is 24.1. The lowest BCUT2D eigenvalue weighted by Gasteiger charge is -2.57. The monoisotopic (exact) mass is 494 g/mol. The molecule has 3 aromatic rings. The Bertz CT molecular complexity index is 1300. The van der Waals surface area contributed by atoms with E-state index in [0.717, 1.165) is 41.6 Å². The first-order valence-corrected chi connectivity index (χ1v) is 13.6. The first-order chi connectivity index (χ1) is 16.9. The van der Waals surface area contributed by atoms with Crippen LogP contribution in [0.3, 0.4) is 0 Å². The molecule has 5 rings (SSSR count). The summed E-state index contributed by atoms with van der Waals surface area (Å²) in [6.07, 6.45) is 1.68. The van der Waals surface area contributed by atoms with Gasteiger partial charge in [0.1, 0.15) is 5.82 Å². The zero-order valence-electron chi connectivity index (χ0n) is 19.8. The smallest absolute Gasteiger partial charge is 0.243 e. The van der Waals surface area contributed by atoms with E-state index in [-0.39, 0.29) is 30.4 Å². The molecule has 2 aliphatic rings. The summed E-state index contributed by atoms with van der Waals surface area (Å²) in [5.41, 5.74) is 3.55. The summed E-state index contributed by atoms with van der Waals surface area (Å²) < 4.78 is 42.5. The third-order valence-electron chi connectivity index (χ3n) is 7.50. The molecular weight excluding hydrogens is 463 g/mol. The molecule has 0 saturated carbocycles. The Morgan fingerprint density at radius 2 is 1.69 bits per heavy atom. The van der Waals surface area contributed by atoms with Gasteiger partial charge in [0.15, 0.2) is 0 Å². The summed E-state index contributed by atoms with van der Waals surface area (Å²) in [4.78, 5) is 2.63. The third kappa shape index (κ3) is 4.54. The number of sulfonamides is 1. The number of aliphatic hydroxyl groups excluding tert-OH is 1. The van der Waals surface area contributed by atoms with Crippen molar-refractivity contribution in [2.45, 2.75) is 42.7 Å². The minimum Gasteiger partial charge on any atom is -0.395 e. The molecule has 0 spiro atoms. The molecule has 0 bridgehead atoms. The average Bonchev–Trinajstić information content (AvgIpc) is 2.83. The van der Waals surface area contributed by atoms with Gasteiger partial charge in [0, 0.05) is 31.1 Å². The maximum Gasteiger partial charge on any atom is 0.243 e. The van der Waals surface area contributed by atoms with E-state index < -0.39 is 10.0 Å². The van der Waals surface area contributed by atoms with Gasteiger partial charge in [0.25, 0.3) is 0 Å². The number of aryl methyl sites for hydroxylation is 1. The van der Waals surface area contributed by atoms with Gasteiger partial charge in [0.05, 0.1) is 11.5 Å². The molecule has 3 aromatic carbocycles. The van der Waals surface area contributed by atoms with E-state index in [0.29, 0.717) is 18.0 Å². The van der Waals surface area contributed by atoms with Crippen LogP contribution in [0, 0.1) is 12.7 Å². The van der Waals surface area contributed by atoms with E-state index in [1.54, 1.807) is 22.5 Å². The van der Waals surface area contributed by atoms with Gasteiger partial charge in [0.2, 0.25) is 10.0 Å². The Morgan fingerprint density at radius 1 is 0.943 bits per heavy atom. The van der Waals surface area contributed by atoms with E-state index >= 15 is 0 Å². The van der Waals surface area contributed by atoms with Gasteiger partial charge < -0.3 is 5.11 Å². The molecule has 0 radical (unpaired) electrons. The van der Waals surface area contributed by atoms with E-state index in [1.807, 2.05) is 49.4 Å². The lowest BCUT2D eigenvalue weighted by molar-refractivity contribution is -0.0553. The maximum absolute atomic E-state index is 13.7. The molecule has 5 nitrogen and oxygen atoms in total. The summed E-state index contributed by atoms with van der Waals surface area (Å²) in [7, 11) is -3.62. The highest BCUT2D eigenvalue weighted by Crippen LogP contribution is 2.43. The minimum atomic E-state index is -3.62. The predicted molar refractivity (Wildman–Crippen MR) is 135 cm³/mol. The van der Waals surface area contributed by atoms with Crippen molar-refractivity contribution in [2.75, 3.05) is 26.2 Å². The van der Waals surface area contributed by atoms with Crippen molar-refractivity contribution in [1.29, 1.82) is 0 Å². The van der Waals surface area contributed by atoms with Crippen LogP contribution >= 0.6 is 0 Å². The van der Waals surface area contributed by atoms with Crippen LogP contribution in [-0.2, 0) is 10.0 Å². The maximum atomic E-state index is 13.7. The number of halogens is 1. The summed E-state index contributed by atoms with van der Waals surface area (Å²) >= 11 is 0. The van der Waals surface area contributed by atoms with E-state index in [2.05, 4.69) is 4.90 Å². The minimum absolute atomic E-state index is 0.00809. The van der Waals surface area contributed by atoms with Crippen molar-refractivity contribution in [3.05, 3.63) is 89.7 Å². The predicted octanol–water partition coefficient (Wildman–Crippen LogP) is 4.41. The van der Waals surface area contributed by atoms with Crippen LogP contribution in [0.4, 0.5) is 4.39 Å². The van der Waals surface area contributed by atoms with Crippen molar-refractivity contribution in [3.63, 3.8) is 0 Å². The average molecular weight is 495 g/mol. The Morgan fingerprint density at radius 3 is 2.40 bits per heavy atom. The fourth-order valence-electron chi connectivity index (χ4n) is 5.68. The quantitative estimate of drug-likeness (QED) is 0.571. The second-order valence-electron chi connectivity index (χ2n) is 9.55. The molecule has 3 atom stereocenters. The zero-order valence-corrected chi connectivity index (χ0v) is 20.7. The van der Waals surface area contributed by atoms with Crippen molar-refractivity contribution in [1.82, 2.24) is 9.21 Å². The molecule has 1 N–H and O–H groups in total. The number of aliphatic hydroxyl groups is 1. The Kier molecular flexibility index (Phi) is 6.77. The van der Waals surface area contributed by atoms with Gasteiger partial charge in [-0.1, -0.05) is 54.6 Å². The summed E-state index contributed by atoms with van der Waals surface area (Å²) in [6.45, 7) is 3.60. The van der Waals surface area contributed by atoms with Crippen molar-refractivity contribution in [3.8, 4) is 11.1 Å². The topological polar surface area (TPSA) is 60.9 Å². The highest BCUT2D eigenvalue weighted by Gasteiger charge is 2.50. The van der Waals surface area contributed by atoms with Crippen molar-refractivity contribution in [2.24, 2.45) is 0 Å². The van der Waals surface area contributed by atoms with Gasteiger partial charge in [-0.2, -0.15) is 4.31 Å². The normalized spacial score (nSPS) is 23.7. The van der Waals surface area contributed by atoms with Crippen LogP contribution in [0.25, 0.3) is 11.1 Å². The SMILES string of the molecule is Cc1ccccc1S(=O)(=O)N1CCCCN2C(CO)[C@@H](c3ccc(-c4cccc(F)c4)cc3)[C@@H]2C1. The van der Waals surface area contributed by atoms with Crippen LogP contribution in [0.2, 0.25) is 0 Å². The standard InChI is InChI=1S/C28H31FN2O3S/c1-20-7-2-3-10-27(20)35(33,34)30-15-4-5-16-31-25(18-30)28(26(31)19-32)22-13-11-21(12-14-22)23-8-6-9-24(29)17-23/h2-3,6-14,17,25-26,28,32H,4-5,15-16,18-19H2,1H3/t25-,26?,28-/m0/s1. The summed E-state index contributed by atoms with van der Waals surface area (Å²) in [5, 5.41) is 10.2. The van der Waals surface area contributed by atoms with Gasteiger partial charge in [-0.3, -0.25) is 4.90 Å². The second-order valence-corrected chi connectivity index (χ2v) is 11.5. The number of hydrogen-bond acceptors (Lipinski definition) is 4. The van der Waals surface area contributed by atoms with Crippen LogP contribution in [0.1, 0.15) is 29.9 Å². The van der Waals surface area contributed by atoms with Crippen LogP contribution in [0.5, 0.6) is 0 Å². The molecular formula is C28H31FN2O3S. The molecule has 0 amide bonds. The third-order valence-corrected chi connectivity index (χ3v) is 9.52. The largest absolute Gasteiger partial charge is 0.395 e. The highest BCUT2D eigenvalue weighted by atomic mass is 32.2. The van der Waals surface area contributed by atoms with Crippen LogP contribution < -0.4 is 0 Å². The zero-order chi connectivity index (χ0) is 24.6. The van der Waals surface area contributed by atoms with E-state index in [9.17, 15) is 17.9 Å². The fraction of sp³-hybridized carbons (Fsp3) is 0.357. The van der Waals surface area contributed by atoms with Crippen molar-refractivity contribution >= 4 is 10.0 Å². The number of hydrogen-bond donors (Lipinski definition) is 1. The number of nitrogens with zero attached hydrogens (tertiary/aromatic N) is 2. The molecule has 2 saturated heterocycles. The molecule has 0 aromatic heterocycles. The van der Waals surface area contributed by atoms with Gasteiger partial charge in [-0.05, 0) is 66.8 Å². The molecule has 35 heavy (non-hydrogen) atoms. The Labute approximate surface area is 206 Å². The summed E-state index contributed by atoms with van der Waals surface area (Å²) in [5.74, 6) is -0.250. The van der Waals surface area contributed by atoms with E-state index in [1.165, 1.54) is 12.1 Å².